The van der Waals surface area contributed by atoms with Gasteiger partial charge in [0, 0.05) is 11.5 Å². The van der Waals surface area contributed by atoms with Crippen LogP contribution in [0, 0.1) is 0 Å². The van der Waals surface area contributed by atoms with Gasteiger partial charge in [0.1, 0.15) is 0 Å². The van der Waals surface area contributed by atoms with Crippen molar-refractivity contribution in [3.63, 3.8) is 0 Å². The van der Waals surface area contributed by atoms with Gasteiger partial charge in [-0.15, -0.1) is 0 Å². The molecule has 0 heterocycles. The lowest BCUT2D eigenvalue weighted by Gasteiger charge is -2.25. The molecule has 2 aromatic carbocycles. The van der Waals surface area contributed by atoms with Gasteiger partial charge in [0.05, 0.1) is 0 Å². The molecule has 2 aromatic rings. The van der Waals surface area contributed by atoms with Gasteiger partial charge in [0.25, 0.3) is 0 Å². The molecule has 0 radical (unpaired) electrons. The summed E-state index contributed by atoms with van der Waals surface area (Å²) in [7, 11) is 0. The van der Waals surface area contributed by atoms with Crippen LogP contribution in [0.1, 0.15) is 61.8 Å². The highest BCUT2D eigenvalue weighted by molar-refractivity contribution is 5.39. The first-order valence-corrected chi connectivity index (χ1v) is 8.08. The van der Waals surface area contributed by atoms with Gasteiger partial charge in [-0.1, -0.05) is 68.4 Å². The van der Waals surface area contributed by atoms with Crippen LogP contribution >= 0.6 is 0 Å². The van der Waals surface area contributed by atoms with Gasteiger partial charge in [-0.25, -0.2) is 0 Å². The van der Waals surface area contributed by atoms with Crippen molar-refractivity contribution in [2.24, 2.45) is 5.73 Å². The number of hydrogen-bond donors (Lipinski definition) is 1. The van der Waals surface area contributed by atoms with Crippen molar-refractivity contribution in [2.45, 2.75) is 50.5 Å². The maximum absolute atomic E-state index is 6.63. The fourth-order valence-electron chi connectivity index (χ4n) is 3.27. The molecule has 1 saturated carbocycles. The minimum atomic E-state index is 0.103. The van der Waals surface area contributed by atoms with Crippen molar-refractivity contribution < 1.29 is 0 Å². The Hall–Kier alpha value is -1.60. The van der Waals surface area contributed by atoms with Gasteiger partial charge in [0.15, 0.2) is 0 Å². The first-order valence-electron chi connectivity index (χ1n) is 8.08. The highest BCUT2D eigenvalue weighted by Crippen LogP contribution is 2.55. The molecule has 3 rings (SSSR count). The second-order valence-corrected chi connectivity index (χ2v) is 6.48. The second-order valence-electron chi connectivity index (χ2n) is 6.48. The van der Waals surface area contributed by atoms with E-state index in [0.717, 1.165) is 0 Å². The number of benzene rings is 2. The van der Waals surface area contributed by atoms with Gasteiger partial charge >= 0.3 is 0 Å². The minimum Gasteiger partial charge on any atom is -0.323 e. The highest BCUT2D eigenvalue weighted by atomic mass is 14.7. The van der Waals surface area contributed by atoms with Gasteiger partial charge in [-0.3, -0.25) is 0 Å². The number of nitrogens with two attached hydrogens (primary N) is 1. The van der Waals surface area contributed by atoms with Crippen LogP contribution in [0.15, 0.2) is 54.6 Å². The Morgan fingerprint density at radius 2 is 1.52 bits per heavy atom. The minimum absolute atomic E-state index is 0.103. The Bertz CT molecular complexity index is 581. The molecule has 0 bridgehead atoms. The second kappa shape index (κ2) is 5.65. The van der Waals surface area contributed by atoms with Crippen LogP contribution in [0.2, 0.25) is 0 Å². The third-order valence-corrected chi connectivity index (χ3v) is 5.21. The van der Waals surface area contributed by atoms with Crippen molar-refractivity contribution in [2.75, 3.05) is 0 Å². The molecule has 0 aromatic heterocycles. The predicted molar refractivity (Wildman–Crippen MR) is 89.4 cm³/mol. The van der Waals surface area contributed by atoms with Gasteiger partial charge in [0.2, 0.25) is 0 Å². The monoisotopic (exact) mass is 279 g/mol. The Kier molecular flexibility index (Phi) is 3.86. The van der Waals surface area contributed by atoms with Crippen LogP contribution in [0.4, 0.5) is 0 Å². The molecule has 21 heavy (non-hydrogen) atoms. The zero-order chi connectivity index (χ0) is 14.9. The molecular formula is C20H25N. The van der Waals surface area contributed by atoms with E-state index in [-0.39, 0.29) is 11.5 Å². The van der Waals surface area contributed by atoms with Crippen LogP contribution in [0.3, 0.4) is 0 Å². The molecule has 2 unspecified atom stereocenters. The summed E-state index contributed by atoms with van der Waals surface area (Å²) in [5.74, 6) is 0.624. The third kappa shape index (κ3) is 2.63. The summed E-state index contributed by atoms with van der Waals surface area (Å²) in [5.41, 5.74) is 10.9. The summed E-state index contributed by atoms with van der Waals surface area (Å²) in [6, 6.07) is 19.8. The lowest BCUT2D eigenvalue weighted by Crippen LogP contribution is -2.26. The molecule has 1 aliphatic carbocycles. The zero-order valence-electron chi connectivity index (χ0n) is 13.0. The molecule has 1 fully saturated rings. The Labute approximate surface area is 128 Å². The summed E-state index contributed by atoms with van der Waals surface area (Å²) in [6.45, 7) is 4.51. The summed E-state index contributed by atoms with van der Waals surface area (Å²) in [5, 5.41) is 0. The van der Waals surface area contributed by atoms with Crippen LogP contribution in [0.5, 0.6) is 0 Å². The Morgan fingerprint density at radius 1 is 0.952 bits per heavy atom. The zero-order valence-corrected chi connectivity index (χ0v) is 13.0. The molecule has 0 aliphatic heterocycles. The van der Waals surface area contributed by atoms with E-state index in [9.17, 15) is 0 Å². The molecule has 110 valence electrons. The largest absolute Gasteiger partial charge is 0.323 e. The molecule has 2 atom stereocenters. The average Bonchev–Trinajstić information content (AvgIpc) is 3.36. The highest BCUT2D eigenvalue weighted by Gasteiger charge is 2.49. The molecule has 0 spiro atoms. The van der Waals surface area contributed by atoms with Crippen molar-refractivity contribution in [3.05, 3.63) is 71.3 Å². The first-order chi connectivity index (χ1) is 10.2. The SMILES string of the molecule is CCC(C)c1ccc(C(N)C2(c3ccccc3)CC2)cc1. The topological polar surface area (TPSA) is 26.0 Å². The standard InChI is InChI=1S/C20H25N/c1-3-15(2)16-9-11-17(12-10-16)19(21)20(13-14-20)18-7-5-4-6-8-18/h4-12,15,19H,3,13-14,21H2,1-2H3. The third-order valence-electron chi connectivity index (χ3n) is 5.21. The van der Waals surface area contributed by atoms with Crippen molar-refractivity contribution >= 4 is 0 Å². The molecule has 0 amide bonds. The van der Waals surface area contributed by atoms with Crippen molar-refractivity contribution in [1.29, 1.82) is 0 Å². The predicted octanol–water partition coefficient (Wildman–Crippen LogP) is 4.93. The maximum atomic E-state index is 6.63. The van der Waals surface area contributed by atoms with E-state index in [1.54, 1.807) is 0 Å². The normalized spacial score (nSPS) is 19.0. The van der Waals surface area contributed by atoms with E-state index in [1.165, 1.54) is 36.0 Å². The van der Waals surface area contributed by atoms with E-state index in [2.05, 4.69) is 68.4 Å². The van der Waals surface area contributed by atoms with Gasteiger partial charge < -0.3 is 5.73 Å². The maximum Gasteiger partial charge on any atom is 0.0393 e. The molecule has 2 N–H and O–H groups in total. The van der Waals surface area contributed by atoms with Crippen LogP contribution in [0.25, 0.3) is 0 Å². The van der Waals surface area contributed by atoms with Crippen molar-refractivity contribution in [1.82, 2.24) is 0 Å². The lowest BCUT2D eigenvalue weighted by molar-refractivity contribution is 0.541. The quantitative estimate of drug-likeness (QED) is 0.825. The van der Waals surface area contributed by atoms with Gasteiger partial charge in [-0.2, -0.15) is 0 Å². The van der Waals surface area contributed by atoms with Crippen LogP contribution in [-0.4, -0.2) is 0 Å². The summed E-state index contributed by atoms with van der Waals surface area (Å²) in [6.07, 6.45) is 3.58. The molecule has 1 aliphatic rings. The Balaban J connectivity index is 1.84. The van der Waals surface area contributed by atoms with Crippen LogP contribution < -0.4 is 5.73 Å². The smallest absolute Gasteiger partial charge is 0.0393 e. The Morgan fingerprint density at radius 3 is 2.05 bits per heavy atom. The summed E-state index contributed by atoms with van der Waals surface area (Å²) in [4.78, 5) is 0. The molecule has 0 saturated heterocycles. The van der Waals surface area contributed by atoms with E-state index >= 15 is 0 Å². The van der Waals surface area contributed by atoms with Gasteiger partial charge in [-0.05, 0) is 41.9 Å². The van der Waals surface area contributed by atoms with E-state index < -0.39 is 0 Å². The molecule has 1 heteroatoms. The summed E-state index contributed by atoms with van der Waals surface area (Å²) < 4.78 is 0. The van der Waals surface area contributed by atoms with Crippen molar-refractivity contribution in [3.8, 4) is 0 Å². The number of hydrogen-bond acceptors (Lipinski definition) is 1. The lowest BCUT2D eigenvalue weighted by atomic mass is 9.84. The molecular weight excluding hydrogens is 254 g/mol. The average molecular weight is 279 g/mol. The molecule has 1 nitrogen and oxygen atoms in total. The first kappa shape index (κ1) is 14.3. The fraction of sp³-hybridized carbons (Fsp3) is 0.400. The van der Waals surface area contributed by atoms with E-state index in [0.29, 0.717) is 5.92 Å². The fourth-order valence-corrected chi connectivity index (χ4v) is 3.27. The van der Waals surface area contributed by atoms with E-state index in [1.807, 2.05) is 0 Å². The van der Waals surface area contributed by atoms with E-state index in [4.69, 9.17) is 5.73 Å². The van der Waals surface area contributed by atoms with Crippen LogP contribution in [-0.2, 0) is 5.41 Å². The number of rotatable bonds is 5. The summed E-state index contributed by atoms with van der Waals surface area (Å²) >= 11 is 0.